The third-order valence-electron chi connectivity index (χ3n) is 3.50. The Hall–Kier alpha value is -1.55. The number of piperidine rings is 1. The van der Waals surface area contributed by atoms with Crippen LogP contribution in [0.3, 0.4) is 0 Å². The van der Waals surface area contributed by atoms with Crippen LogP contribution in [0, 0.1) is 6.92 Å². The molecule has 0 aliphatic carbocycles. The van der Waals surface area contributed by atoms with Crippen LogP contribution in [-0.2, 0) is 4.79 Å². The number of hydrogen-bond acceptors (Lipinski definition) is 3. The molecule has 4 heteroatoms. The molecule has 0 spiro atoms. The first-order valence-corrected chi connectivity index (χ1v) is 6.87. The van der Waals surface area contributed by atoms with Crippen molar-refractivity contribution in [2.24, 2.45) is 0 Å². The lowest BCUT2D eigenvalue weighted by Gasteiger charge is -2.30. The summed E-state index contributed by atoms with van der Waals surface area (Å²) in [6.45, 7) is 5.23. The normalized spacial score (nSPS) is 22.8. The zero-order valence-corrected chi connectivity index (χ0v) is 11.6. The average molecular weight is 262 g/mol. The van der Waals surface area contributed by atoms with Gasteiger partial charge in [-0.3, -0.25) is 4.79 Å². The number of ether oxygens (including phenoxy) is 1. The summed E-state index contributed by atoms with van der Waals surface area (Å²) in [5.41, 5.74) is 1.18. The van der Waals surface area contributed by atoms with Gasteiger partial charge < -0.3 is 15.4 Å². The highest BCUT2D eigenvalue weighted by molar-refractivity contribution is 5.77. The molecule has 0 saturated carbocycles. The SMILES string of the molecule is Cc1ccc(OCC(=O)NC2CCCNC2C)cc1. The molecule has 1 saturated heterocycles. The lowest BCUT2D eigenvalue weighted by atomic mass is 10.00. The number of rotatable bonds is 4. The Kier molecular flexibility index (Phi) is 4.80. The van der Waals surface area contributed by atoms with Crippen LogP contribution in [-0.4, -0.2) is 31.1 Å². The molecule has 104 valence electrons. The van der Waals surface area contributed by atoms with E-state index < -0.39 is 0 Å². The summed E-state index contributed by atoms with van der Waals surface area (Å²) in [6, 6.07) is 8.25. The number of hydrogen-bond donors (Lipinski definition) is 2. The predicted octanol–water partition coefficient (Wildman–Crippen LogP) is 1.63. The molecule has 1 amide bonds. The Morgan fingerprint density at radius 1 is 1.42 bits per heavy atom. The lowest BCUT2D eigenvalue weighted by Crippen LogP contribution is -2.52. The summed E-state index contributed by atoms with van der Waals surface area (Å²) in [4.78, 5) is 11.8. The van der Waals surface area contributed by atoms with Gasteiger partial charge in [-0.2, -0.15) is 0 Å². The molecule has 2 N–H and O–H groups in total. The van der Waals surface area contributed by atoms with Crippen molar-refractivity contribution < 1.29 is 9.53 Å². The van der Waals surface area contributed by atoms with Gasteiger partial charge in [0.25, 0.3) is 5.91 Å². The van der Waals surface area contributed by atoms with E-state index in [-0.39, 0.29) is 18.6 Å². The Morgan fingerprint density at radius 2 is 2.16 bits per heavy atom. The number of amides is 1. The van der Waals surface area contributed by atoms with Crippen molar-refractivity contribution in [3.63, 3.8) is 0 Å². The second-order valence-electron chi connectivity index (χ2n) is 5.16. The minimum atomic E-state index is -0.0545. The second-order valence-corrected chi connectivity index (χ2v) is 5.16. The van der Waals surface area contributed by atoms with E-state index in [1.54, 1.807) is 0 Å². The topological polar surface area (TPSA) is 50.4 Å². The first-order chi connectivity index (χ1) is 9.15. The van der Waals surface area contributed by atoms with Crippen LogP contribution < -0.4 is 15.4 Å². The molecule has 0 radical (unpaired) electrons. The van der Waals surface area contributed by atoms with Gasteiger partial charge in [-0.1, -0.05) is 17.7 Å². The van der Waals surface area contributed by atoms with Gasteiger partial charge in [0.05, 0.1) is 0 Å². The van der Waals surface area contributed by atoms with Crippen LogP contribution in [0.2, 0.25) is 0 Å². The average Bonchev–Trinajstić information content (AvgIpc) is 2.41. The fraction of sp³-hybridized carbons (Fsp3) is 0.533. The molecular weight excluding hydrogens is 240 g/mol. The summed E-state index contributed by atoms with van der Waals surface area (Å²) in [5.74, 6) is 0.677. The third kappa shape index (κ3) is 4.24. The molecule has 1 aliphatic rings. The fourth-order valence-electron chi connectivity index (χ4n) is 2.27. The smallest absolute Gasteiger partial charge is 0.258 e. The Bertz CT molecular complexity index is 417. The standard InChI is InChI=1S/C15H22N2O2/c1-11-5-7-13(8-6-11)19-10-15(18)17-14-4-3-9-16-12(14)2/h5-8,12,14,16H,3-4,9-10H2,1-2H3,(H,17,18). The van der Waals surface area contributed by atoms with Gasteiger partial charge in [-0.25, -0.2) is 0 Å². The first-order valence-electron chi connectivity index (χ1n) is 6.87. The number of aryl methyl sites for hydroxylation is 1. The van der Waals surface area contributed by atoms with E-state index in [0.717, 1.165) is 25.1 Å². The fourth-order valence-corrected chi connectivity index (χ4v) is 2.27. The van der Waals surface area contributed by atoms with Gasteiger partial charge in [-0.15, -0.1) is 0 Å². The van der Waals surface area contributed by atoms with Gasteiger partial charge in [0, 0.05) is 12.1 Å². The highest BCUT2D eigenvalue weighted by Crippen LogP contribution is 2.11. The van der Waals surface area contributed by atoms with Crippen LogP contribution in [0.1, 0.15) is 25.3 Å². The maximum absolute atomic E-state index is 11.8. The summed E-state index contributed by atoms with van der Waals surface area (Å²) >= 11 is 0. The van der Waals surface area contributed by atoms with Crippen molar-refractivity contribution in [2.45, 2.75) is 38.8 Å². The van der Waals surface area contributed by atoms with Crippen LogP contribution in [0.15, 0.2) is 24.3 Å². The molecule has 1 aromatic rings. The van der Waals surface area contributed by atoms with Crippen LogP contribution in [0.5, 0.6) is 5.75 Å². The highest BCUT2D eigenvalue weighted by atomic mass is 16.5. The van der Waals surface area contributed by atoms with E-state index in [1.807, 2.05) is 31.2 Å². The minimum absolute atomic E-state index is 0.0545. The summed E-state index contributed by atoms with van der Waals surface area (Å²) in [5, 5.41) is 6.39. The molecule has 0 aromatic heterocycles. The zero-order valence-electron chi connectivity index (χ0n) is 11.6. The lowest BCUT2D eigenvalue weighted by molar-refractivity contribution is -0.124. The predicted molar refractivity (Wildman–Crippen MR) is 75.3 cm³/mol. The van der Waals surface area contributed by atoms with Gasteiger partial charge >= 0.3 is 0 Å². The maximum atomic E-state index is 11.8. The van der Waals surface area contributed by atoms with E-state index in [2.05, 4.69) is 17.6 Å². The van der Waals surface area contributed by atoms with Crippen LogP contribution in [0.4, 0.5) is 0 Å². The van der Waals surface area contributed by atoms with Crippen molar-refractivity contribution in [1.29, 1.82) is 0 Å². The third-order valence-corrected chi connectivity index (χ3v) is 3.50. The Labute approximate surface area is 114 Å². The maximum Gasteiger partial charge on any atom is 0.258 e. The quantitative estimate of drug-likeness (QED) is 0.867. The molecular formula is C15H22N2O2. The number of benzene rings is 1. The molecule has 2 atom stereocenters. The largest absolute Gasteiger partial charge is 0.484 e. The monoisotopic (exact) mass is 262 g/mol. The number of carbonyl (C=O) groups is 1. The van der Waals surface area contributed by atoms with E-state index in [4.69, 9.17) is 4.74 Å². The van der Waals surface area contributed by atoms with Gasteiger partial charge in [0.15, 0.2) is 6.61 Å². The summed E-state index contributed by atoms with van der Waals surface area (Å²) in [6.07, 6.45) is 2.14. The van der Waals surface area contributed by atoms with E-state index in [1.165, 1.54) is 5.56 Å². The molecule has 1 aromatic carbocycles. The zero-order chi connectivity index (χ0) is 13.7. The number of nitrogens with one attached hydrogen (secondary N) is 2. The molecule has 2 unspecified atom stereocenters. The highest BCUT2D eigenvalue weighted by Gasteiger charge is 2.22. The van der Waals surface area contributed by atoms with Crippen LogP contribution >= 0.6 is 0 Å². The molecule has 4 nitrogen and oxygen atoms in total. The van der Waals surface area contributed by atoms with Crippen molar-refractivity contribution >= 4 is 5.91 Å². The summed E-state index contributed by atoms with van der Waals surface area (Å²) < 4.78 is 5.47. The van der Waals surface area contributed by atoms with Crippen molar-refractivity contribution in [3.05, 3.63) is 29.8 Å². The van der Waals surface area contributed by atoms with E-state index in [0.29, 0.717) is 6.04 Å². The molecule has 1 fully saturated rings. The van der Waals surface area contributed by atoms with Gasteiger partial charge in [0.2, 0.25) is 0 Å². The van der Waals surface area contributed by atoms with Gasteiger partial charge in [0.1, 0.15) is 5.75 Å². The summed E-state index contributed by atoms with van der Waals surface area (Å²) in [7, 11) is 0. The Morgan fingerprint density at radius 3 is 2.84 bits per heavy atom. The van der Waals surface area contributed by atoms with Crippen LogP contribution in [0.25, 0.3) is 0 Å². The Balaban J connectivity index is 1.76. The first kappa shape index (κ1) is 13.9. The van der Waals surface area contributed by atoms with Crippen molar-refractivity contribution in [1.82, 2.24) is 10.6 Å². The minimum Gasteiger partial charge on any atom is -0.484 e. The van der Waals surface area contributed by atoms with Crippen molar-refractivity contribution in [2.75, 3.05) is 13.2 Å². The second kappa shape index (κ2) is 6.57. The molecule has 0 bridgehead atoms. The molecule has 2 rings (SSSR count). The number of carbonyl (C=O) groups excluding carboxylic acids is 1. The van der Waals surface area contributed by atoms with Crippen molar-refractivity contribution in [3.8, 4) is 5.75 Å². The van der Waals surface area contributed by atoms with Gasteiger partial charge in [-0.05, 0) is 45.4 Å². The molecule has 1 heterocycles. The van der Waals surface area contributed by atoms with E-state index >= 15 is 0 Å². The van der Waals surface area contributed by atoms with E-state index in [9.17, 15) is 4.79 Å². The molecule has 1 aliphatic heterocycles. The molecule has 19 heavy (non-hydrogen) atoms.